The highest BCUT2D eigenvalue weighted by Gasteiger charge is 2.20. The van der Waals surface area contributed by atoms with Gasteiger partial charge in [-0.2, -0.15) is 0 Å². The molecule has 1 aromatic heterocycles. The minimum absolute atomic E-state index is 0.0980. The second kappa shape index (κ2) is 8.88. The molecule has 0 aliphatic carbocycles. The van der Waals surface area contributed by atoms with E-state index in [1.807, 2.05) is 30.3 Å². The molecular formula is C20H22FN5OS. The molecule has 0 bridgehead atoms. The zero-order valence-electron chi connectivity index (χ0n) is 15.7. The smallest absolute Gasteiger partial charge is 0.233 e. The molecule has 1 heterocycles. The molecule has 3 N–H and O–H groups in total. The van der Waals surface area contributed by atoms with Crippen molar-refractivity contribution in [2.24, 2.45) is 0 Å². The highest BCUT2D eigenvalue weighted by molar-refractivity contribution is 8.00. The van der Waals surface area contributed by atoms with Crippen LogP contribution in [0.1, 0.15) is 25.3 Å². The standard InChI is InChI=1S/C20H22FN5OS/c1-13(15-6-4-3-5-7-15)12-23-19(27)14(2)28-20-25-24-18(26(20)22)16-8-10-17(21)11-9-16/h3-11,13-14H,12,22H2,1-2H3,(H,23,27). The van der Waals surface area contributed by atoms with E-state index in [0.717, 1.165) is 0 Å². The van der Waals surface area contributed by atoms with E-state index in [0.29, 0.717) is 23.1 Å². The molecule has 2 aromatic carbocycles. The lowest BCUT2D eigenvalue weighted by atomic mass is 10.0. The molecule has 0 fully saturated rings. The first kappa shape index (κ1) is 19.9. The van der Waals surface area contributed by atoms with Gasteiger partial charge in [-0.1, -0.05) is 49.0 Å². The van der Waals surface area contributed by atoms with Gasteiger partial charge in [0.15, 0.2) is 5.82 Å². The predicted molar refractivity (Wildman–Crippen MR) is 109 cm³/mol. The summed E-state index contributed by atoms with van der Waals surface area (Å²) in [4.78, 5) is 12.4. The summed E-state index contributed by atoms with van der Waals surface area (Å²) in [6.45, 7) is 4.40. The minimum atomic E-state index is -0.393. The van der Waals surface area contributed by atoms with Crippen molar-refractivity contribution >= 4 is 17.7 Å². The number of carbonyl (C=O) groups excluding carboxylic acids is 1. The Balaban J connectivity index is 1.59. The van der Waals surface area contributed by atoms with Crippen molar-refractivity contribution in [2.45, 2.75) is 30.2 Å². The minimum Gasteiger partial charge on any atom is -0.355 e. The first-order chi connectivity index (χ1) is 13.5. The maximum atomic E-state index is 13.1. The van der Waals surface area contributed by atoms with Gasteiger partial charge in [0.2, 0.25) is 11.1 Å². The fourth-order valence-corrected chi connectivity index (χ4v) is 3.46. The summed E-state index contributed by atoms with van der Waals surface area (Å²) in [6, 6.07) is 15.9. The summed E-state index contributed by atoms with van der Waals surface area (Å²) in [5, 5.41) is 11.1. The van der Waals surface area contributed by atoms with E-state index < -0.39 is 5.25 Å². The van der Waals surface area contributed by atoms with Crippen molar-refractivity contribution < 1.29 is 9.18 Å². The lowest BCUT2D eigenvalue weighted by Crippen LogP contribution is -2.33. The van der Waals surface area contributed by atoms with Gasteiger partial charge in [-0.05, 0) is 42.7 Å². The van der Waals surface area contributed by atoms with Gasteiger partial charge in [-0.15, -0.1) is 10.2 Å². The van der Waals surface area contributed by atoms with Gasteiger partial charge < -0.3 is 11.2 Å². The topological polar surface area (TPSA) is 85.8 Å². The molecule has 0 radical (unpaired) electrons. The number of nitrogens with one attached hydrogen (secondary N) is 1. The Hall–Kier alpha value is -2.87. The average molecular weight is 399 g/mol. The quantitative estimate of drug-likeness (QED) is 0.471. The summed E-state index contributed by atoms with van der Waals surface area (Å²) in [5.74, 6) is 6.25. The number of nitrogens with zero attached hydrogens (tertiary/aromatic N) is 3. The number of carbonyl (C=O) groups is 1. The van der Waals surface area contributed by atoms with E-state index in [9.17, 15) is 9.18 Å². The Morgan fingerprint density at radius 3 is 2.50 bits per heavy atom. The Labute approximate surface area is 167 Å². The van der Waals surface area contributed by atoms with Gasteiger partial charge in [0, 0.05) is 12.1 Å². The summed E-state index contributed by atoms with van der Waals surface area (Å²) < 4.78 is 14.4. The van der Waals surface area contributed by atoms with Crippen LogP contribution in [0.25, 0.3) is 11.4 Å². The Kier molecular flexibility index (Phi) is 6.30. The second-order valence-corrected chi connectivity index (χ2v) is 7.81. The summed E-state index contributed by atoms with van der Waals surface area (Å²) >= 11 is 1.22. The Morgan fingerprint density at radius 2 is 1.82 bits per heavy atom. The van der Waals surface area contributed by atoms with Gasteiger partial charge in [-0.25, -0.2) is 9.07 Å². The van der Waals surface area contributed by atoms with Crippen LogP contribution in [0.2, 0.25) is 0 Å². The molecule has 146 valence electrons. The van der Waals surface area contributed by atoms with Crippen molar-refractivity contribution in [1.82, 2.24) is 20.2 Å². The number of halogens is 1. The molecule has 6 nitrogen and oxygen atoms in total. The molecule has 0 saturated heterocycles. The summed E-state index contributed by atoms with van der Waals surface area (Å²) in [7, 11) is 0. The molecule has 3 aromatic rings. The Bertz CT molecular complexity index is 930. The van der Waals surface area contributed by atoms with Crippen molar-refractivity contribution in [1.29, 1.82) is 0 Å². The number of amides is 1. The van der Waals surface area contributed by atoms with Crippen LogP contribution in [0.3, 0.4) is 0 Å². The number of hydrogen-bond acceptors (Lipinski definition) is 5. The zero-order valence-corrected chi connectivity index (χ0v) is 16.5. The number of rotatable bonds is 7. The molecule has 0 aliphatic heterocycles. The molecule has 0 spiro atoms. The van der Waals surface area contributed by atoms with Crippen molar-refractivity contribution in [2.75, 3.05) is 12.4 Å². The van der Waals surface area contributed by atoms with Crippen LogP contribution in [-0.4, -0.2) is 32.6 Å². The molecule has 1 amide bonds. The van der Waals surface area contributed by atoms with Gasteiger partial charge in [0.1, 0.15) is 5.82 Å². The van der Waals surface area contributed by atoms with Crippen LogP contribution in [0.4, 0.5) is 4.39 Å². The molecule has 2 atom stereocenters. The predicted octanol–water partition coefficient (Wildman–Crippen LogP) is 3.20. The molecule has 0 saturated carbocycles. The third-order valence-electron chi connectivity index (χ3n) is 4.37. The molecule has 8 heteroatoms. The van der Waals surface area contributed by atoms with Crippen LogP contribution in [-0.2, 0) is 4.79 Å². The van der Waals surface area contributed by atoms with Crippen molar-refractivity contribution in [3.63, 3.8) is 0 Å². The van der Waals surface area contributed by atoms with E-state index in [-0.39, 0.29) is 17.6 Å². The number of thioether (sulfide) groups is 1. The highest BCUT2D eigenvalue weighted by Crippen LogP contribution is 2.25. The van der Waals surface area contributed by atoms with Crippen molar-refractivity contribution in [3.05, 3.63) is 66.0 Å². The normalized spacial score (nSPS) is 13.1. The van der Waals surface area contributed by atoms with Crippen LogP contribution < -0.4 is 11.2 Å². The van der Waals surface area contributed by atoms with Crippen LogP contribution in [0.5, 0.6) is 0 Å². The summed E-state index contributed by atoms with van der Waals surface area (Å²) in [5.41, 5.74) is 1.82. The first-order valence-electron chi connectivity index (χ1n) is 8.91. The van der Waals surface area contributed by atoms with Crippen LogP contribution in [0, 0.1) is 5.82 Å². The van der Waals surface area contributed by atoms with E-state index in [1.165, 1.54) is 34.1 Å². The first-order valence-corrected chi connectivity index (χ1v) is 9.79. The maximum absolute atomic E-state index is 13.1. The molecule has 28 heavy (non-hydrogen) atoms. The number of aromatic nitrogens is 3. The van der Waals surface area contributed by atoms with E-state index in [1.54, 1.807) is 19.1 Å². The highest BCUT2D eigenvalue weighted by atomic mass is 32.2. The molecule has 0 aliphatic rings. The zero-order chi connectivity index (χ0) is 20.1. The largest absolute Gasteiger partial charge is 0.355 e. The fourth-order valence-electron chi connectivity index (χ4n) is 2.66. The van der Waals surface area contributed by atoms with Crippen LogP contribution >= 0.6 is 11.8 Å². The molecule has 2 unspecified atom stereocenters. The molecular weight excluding hydrogens is 377 g/mol. The van der Waals surface area contributed by atoms with E-state index >= 15 is 0 Å². The number of nitrogen functional groups attached to an aromatic ring is 1. The second-order valence-electron chi connectivity index (χ2n) is 6.50. The third-order valence-corrected chi connectivity index (χ3v) is 5.43. The SMILES string of the molecule is CC(Sc1nnc(-c2ccc(F)cc2)n1N)C(=O)NCC(C)c1ccccc1. The van der Waals surface area contributed by atoms with E-state index in [2.05, 4.69) is 22.4 Å². The van der Waals surface area contributed by atoms with Gasteiger partial charge in [0.05, 0.1) is 5.25 Å². The number of nitrogens with two attached hydrogens (primary N) is 1. The monoisotopic (exact) mass is 399 g/mol. The summed E-state index contributed by atoms with van der Waals surface area (Å²) in [6.07, 6.45) is 0. The fraction of sp³-hybridized carbons (Fsp3) is 0.250. The Morgan fingerprint density at radius 1 is 1.14 bits per heavy atom. The molecule has 3 rings (SSSR count). The lowest BCUT2D eigenvalue weighted by Gasteiger charge is -2.15. The van der Waals surface area contributed by atoms with E-state index in [4.69, 9.17) is 5.84 Å². The average Bonchev–Trinajstić information content (AvgIpc) is 3.07. The maximum Gasteiger partial charge on any atom is 0.233 e. The number of benzene rings is 2. The number of hydrogen-bond donors (Lipinski definition) is 2. The third kappa shape index (κ3) is 4.69. The van der Waals surface area contributed by atoms with Crippen molar-refractivity contribution in [3.8, 4) is 11.4 Å². The van der Waals surface area contributed by atoms with Gasteiger partial charge in [0.25, 0.3) is 0 Å². The van der Waals surface area contributed by atoms with Crippen LogP contribution in [0.15, 0.2) is 59.8 Å². The van der Waals surface area contributed by atoms with Gasteiger partial charge in [-0.3, -0.25) is 4.79 Å². The van der Waals surface area contributed by atoms with Gasteiger partial charge >= 0.3 is 0 Å². The lowest BCUT2D eigenvalue weighted by molar-refractivity contribution is -0.120.